The smallest absolute Gasteiger partial charge is 0.320 e. The summed E-state index contributed by atoms with van der Waals surface area (Å²) < 4.78 is 62.3. The molecule has 0 bridgehead atoms. The maximum Gasteiger partial charge on any atom is 0.501 e. The number of carbonyl (C=O) groups excluding carboxylic acids is 1. The van der Waals surface area contributed by atoms with Gasteiger partial charge in [-0.2, -0.15) is 18.3 Å². The number of hydrogen-bond acceptors (Lipinski definition) is 6. The molecule has 4 aromatic rings. The zero-order chi connectivity index (χ0) is 23.1. The van der Waals surface area contributed by atoms with E-state index in [9.17, 15) is 31.2 Å². The monoisotopic (exact) mass is 463 g/mol. The summed E-state index contributed by atoms with van der Waals surface area (Å²) >= 11 is 0. The third kappa shape index (κ3) is 3.62. The Hall–Kier alpha value is -4.00. The van der Waals surface area contributed by atoms with Gasteiger partial charge in [0, 0.05) is 5.56 Å². The molecule has 1 amide bonds. The van der Waals surface area contributed by atoms with Crippen LogP contribution in [-0.4, -0.2) is 39.6 Å². The van der Waals surface area contributed by atoms with Gasteiger partial charge in [0.15, 0.2) is 5.65 Å². The largest absolute Gasteiger partial charge is 0.501 e. The van der Waals surface area contributed by atoms with Crippen LogP contribution < -0.4 is 10.9 Å². The van der Waals surface area contributed by atoms with Gasteiger partial charge in [0.2, 0.25) is 0 Å². The van der Waals surface area contributed by atoms with E-state index in [1.54, 1.807) is 24.3 Å². The summed E-state index contributed by atoms with van der Waals surface area (Å²) in [6, 6.07) is 9.83. The minimum Gasteiger partial charge on any atom is -0.320 e. The van der Waals surface area contributed by atoms with Crippen molar-refractivity contribution < 1.29 is 26.4 Å². The average molecular weight is 463 g/mol. The lowest BCUT2D eigenvalue weighted by Gasteiger charge is -2.12. The molecule has 0 aliphatic heterocycles. The molecule has 32 heavy (non-hydrogen) atoms. The molecule has 9 nitrogen and oxygen atoms in total. The van der Waals surface area contributed by atoms with Gasteiger partial charge in [-0.05, 0) is 36.4 Å². The predicted octanol–water partition coefficient (Wildman–Crippen LogP) is 2.65. The van der Waals surface area contributed by atoms with E-state index in [4.69, 9.17) is 0 Å². The van der Waals surface area contributed by atoms with Crippen molar-refractivity contribution in [3.05, 3.63) is 77.0 Å². The number of nitrogens with zero attached hydrogens (tertiary/aromatic N) is 3. The summed E-state index contributed by atoms with van der Waals surface area (Å²) in [6.07, 6.45) is 2.53. The van der Waals surface area contributed by atoms with E-state index >= 15 is 0 Å². The van der Waals surface area contributed by atoms with Crippen molar-refractivity contribution >= 4 is 32.5 Å². The van der Waals surface area contributed by atoms with Crippen molar-refractivity contribution in [2.75, 3.05) is 5.32 Å². The topological polar surface area (TPSA) is 127 Å². The van der Waals surface area contributed by atoms with Crippen molar-refractivity contribution in [2.45, 2.75) is 10.4 Å². The summed E-state index contributed by atoms with van der Waals surface area (Å²) in [4.78, 5) is 30.1. The first-order chi connectivity index (χ1) is 15.1. The first-order valence-corrected chi connectivity index (χ1v) is 10.3. The van der Waals surface area contributed by atoms with Crippen LogP contribution in [0.2, 0.25) is 0 Å². The number of nitrogens with one attached hydrogen (secondary N) is 2. The van der Waals surface area contributed by atoms with E-state index < -0.39 is 31.7 Å². The molecule has 0 radical (unpaired) electrons. The van der Waals surface area contributed by atoms with Crippen LogP contribution in [0, 0.1) is 0 Å². The number of H-pyrrole nitrogens is 1. The highest BCUT2D eigenvalue weighted by Gasteiger charge is 2.46. The second-order valence-corrected chi connectivity index (χ2v) is 8.41. The quantitative estimate of drug-likeness (QED) is 0.479. The number of hydrogen-bond donors (Lipinski definition) is 2. The Kier molecular flexibility index (Phi) is 5.05. The number of para-hydroxylation sites is 2. The maximum atomic E-state index is 12.7. The van der Waals surface area contributed by atoms with Crippen LogP contribution in [0.5, 0.6) is 0 Å². The molecule has 0 atom stereocenters. The number of alkyl halides is 3. The molecule has 2 aromatic heterocycles. The molecule has 4 rings (SSSR count). The van der Waals surface area contributed by atoms with Crippen molar-refractivity contribution in [3.63, 3.8) is 0 Å². The van der Waals surface area contributed by atoms with E-state index in [0.717, 1.165) is 12.1 Å². The summed E-state index contributed by atoms with van der Waals surface area (Å²) in [5.74, 6) is -0.698. The van der Waals surface area contributed by atoms with Gasteiger partial charge in [-0.15, -0.1) is 0 Å². The van der Waals surface area contributed by atoms with Crippen LogP contribution in [0.4, 0.5) is 18.9 Å². The summed E-state index contributed by atoms with van der Waals surface area (Å²) in [5.41, 5.74) is -5.01. The minimum atomic E-state index is -5.52. The van der Waals surface area contributed by atoms with E-state index in [0.29, 0.717) is 17.8 Å². The first kappa shape index (κ1) is 21.2. The Bertz CT molecular complexity index is 1490. The highest BCUT2D eigenvalue weighted by molar-refractivity contribution is 7.92. The fourth-order valence-electron chi connectivity index (χ4n) is 2.91. The number of aromatic nitrogens is 4. The Labute approximate surface area is 177 Å². The molecule has 13 heteroatoms. The molecule has 2 N–H and O–H groups in total. The second-order valence-electron chi connectivity index (χ2n) is 6.47. The number of carbonyl (C=O) groups is 1. The van der Waals surface area contributed by atoms with Crippen molar-refractivity contribution in [1.29, 1.82) is 0 Å². The fraction of sp³-hybridized carbons (Fsp3) is 0.0526. The molecular formula is C19H12F3N5O4S. The van der Waals surface area contributed by atoms with Crippen LogP contribution in [0.1, 0.15) is 10.4 Å². The van der Waals surface area contributed by atoms with Crippen molar-refractivity contribution in [3.8, 4) is 5.69 Å². The standard InChI is InChI=1S/C19H12F3N5O4S/c20-19(21,22)32(30,31)12-7-5-11(6-8-12)17(28)26-14-3-1-2-4-15(14)27-16-13(9-25-27)18(29)24-10-23-16/h1-10H,(H,26,28)(H,23,24,29). The number of benzene rings is 2. The Morgan fingerprint density at radius 1 is 1.06 bits per heavy atom. The third-order valence-corrected chi connectivity index (χ3v) is 5.99. The van der Waals surface area contributed by atoms with Gasteiger partial charge in [0.05, 0.1) is 28.8 Å². The van der Waals surface area contributed by atoms with Crippen LogP contribution >= 0.6 is 0 Å². The molecule has 0 spiro atoms. The number of sulfone groups is 1. The normalized spacial score (nSPS) is 12.1. The van der Waals surface area contributed by atoms with Crippen LogP contribution in [0.3, 0.4) is 0 Å². The number of anilines is 1. The second kappa shape index (κ2) is 7.60. The fourth-order valence-corrected chi connectivity index (χ4v) is 3.67. The molecule has 0 unspecified atom stereocenters. The van der Waals surface area contributed by atoms with Gasteiger partial charge in [-0.25, -0.2) is 18.1 Å². The summed E-state index contributed by atoms with van der Waals surface area (Å²) in [5, 5.41) is 6.97. The van der Waals surface area contributed by atoms with E-state index in [2.05, 4.69) is 20.4 Å². The van der Waals surface area contributed by atoms with Crippen molar-refractivity contribution in [1.82, 2.24) is 19.7 Å². The number of fused-ring (bicyclic) bond motifs is 1. The molecule has 2 heterocycles. The lowest BCUT2D eigenvalue weighted by atomic mass is 10.2. The van der Waals surface area contributed by atoms with Crippen LogP contribution in [0.25, 0.3) is 16.7 Å². The molecule has 164 valence electrons. The van der Waals surface area contributed by atoms with E-state index in [1.165, 1.54) is 17.2 Å². The van der Waals surface area contributed by atoms with E-state index in [1.807, 2.05) is 0 Å². The van der Waals surface area contributed by atoms with Gasteiger partial charge in [-0.1, -0.05) is 12.1 Å². The van der Waals surface area contributed by atoms with Gasteiger partial charge in [-0.3, -0.25) is 9.59 Å². The highest BCUT2D eigenvalue weighted by Crippen LogP contribution is 2.30. The molecule has 0 aliphatic rings. The van der Waals surface area contributed by atoms with Gasteiger partial charge < -0.3 is 10.3 Å². The maximum absolute atomic E-state index is 12.7. The zero-order valence-corrected chi connectivity index (χ0v) is 16.6. The minimum absolute atomic E-state index is 0.0687. The Morgan fingerprint density at radius 3 is 2.44 bits per heavy atom. The Balaban J connectivity index is 1.65. The third-order valence-electron chi connectivity index (χ3n) is 4.48. The van der Waals surface area contributed by atoms with Crippen LogP contribution in [0.15, 0.2) is 70.7 Å². The molecule has 0 saturated carbocycles. The lowest BCUT2D eigenvalue weighted by molar-refractivity contribution is -0.0436. The SMILES string of the molecule is O=C(Nc1ccccc1-n1ncc2c(=O)[nH]cnc21)c1ccc(S(=O)(=O)C(F)(F)F)cc1. The molecule has 0 fully saturated rings. The van der Waals surface area contributed by atoms with E-state index in [-0.39, 0.29) is 22.3 Å². The average Bonchev–Trinajstić information content (AvgIpc) is 3.19. The molecular weight excluding hydrogens is 451 g/mol. The van der Waals surface area contributed by atoms with Crippen LogP contribution in [-0.2, 0) is 9.84 Å². The summed E-state index contributed by atoms with van der Waals surface area (Å²) in [7, 11) is -5.52. The predicted molar refractivity (Wildman–Crippen MR) is 107 cm³/mol. The molecule has 0 saturated heterocycles. The Morgan fingerprint density at radius 2 is 1.75 bits per heavy atom. The van der Waals surface area contributed by atoms with Gasteiger partial charge >= 0.3 is 5.51 Å². The number of halogens is 3. The number of rotatable bonds is 4. The number of amides is 1. The molecule has 2 aromatic carbocycles. The van der Waals surface area contributed by atoms with Gasteiger partial charge in [0.1, 0.15) is 5.39 Å². The van der Waals surface area contributed by atoms with Crippen molar-refractivity contribution in [2.24, 2.45) is 0 Å². The molecule has 0 aliphatic carbocycles. The lowest BCUT2D eigenvalue weighted by Crippen LogP contribution is -2.23. The highest BCUT2D eigenvalue weighted by atomic mass is 32.2. The summed E-state index contributed by atoms with van der Waals surface area (Å²) in [6.45, 7) is 0. The zero-order valence-electron chi connectivity index (χ0n) is 15.8. The number of aromatic amines is 1. The first-order valence-electron chi connectivity index (χ1n) is 8.83. The van der Waals surface area contributed by atoms with Gasteiger partial charge in [0.25, 0.3) is 21.3 Å².